The summed E-state index contributed by atoms with van der Waals surface area (Å²) in [5.74, 6) is 0.570. The Morgan fingerprint density at radius 3 is 2.70 bits per heavy atom. The average Bonchev–Trinajstić information content (AvgIpc) is 2.66. The molecule has 0 bridgehead atoms. The third-order valence-corrected chi connectivity index (χ3v) is 4.36. The maximum atomic E-state index is 11.9. The fourth-order valence-electron chi connectivity index (χ4n) is 2.29. The molecule has 1 heterocycles. The van der Waals surface area contributed by atoms with Crippen LogP contribution in [0.4, 0.5) is 0 Å². The van der Waals surface area contributed by atoms with E-state index in [4.69, 9.17) is 9.47 Å². The zero-order chi connectivity index (χ0) is 15.5. The van der Waals surface area contributed by atoms with Crippen molar-refractivity contribution in [1.29, 1.82) is 0 Å². The summed E-state index contributed by atoms with van der Waals surface area (Å²) in [6.45, 7) is 0.456. The number of rotatable bonds is 3. The van der Waals surface area contributed by atoms with Crippen LogP contribution in [0.3, 0.4) is 0 Å². The Morgan fingerprint density at radius 1 is 1.22 bits per heavy atom. The first-order valence-corrected chi connectivity index (χ1v) is 8.37. The molecule has 6 heteroatoms. The van der Waals surface area contributed by atoms with Gasteiger partial charge in [0.2, 0.25) is 0 Å². The largest absolute Gasteiger partial charge is 1.00 e. The molecule has 2 aromatic carbocycles. The summed E-state index contributed by atoms with van der Waals surface area (Å²) in [6, 6.07) is 13.7. The van der Waals surface area contributed by atoms with E-state index in [2.05, 4.69) is 31.9 Å². The monoisotopic (exact) mass is 620 g/mol. The normalized spacial score (nSPS) is 16.4. The maximum Gasteiger partial charge on any atom is 1.00 e. The van der Waals surface area contributed by atoms with Gasteiger partial charge in [-0.3, -0.25) is 6.42 Å². The number of Topliss-reactive ketones (excluding diaryl/α,β-unsaturated/α-hetero) is 1. The van der Waals surface area contributed by atoms with Crippen molar-refractivity contribution in [3.05, 3.63) is 69.0 Å². The van der Waals surface area contributed by atoms with Crippen LogP contribution >= 0.6 is 31.9 Å². The fraction of sp³-hybridized carbons (Fsp3) is 0.176. The van der Waals surface area contributed by atoms with E-state index >= 15 is 0 Å². The Labute approximate surface area is 167 Å². The van der Waals surface area contributed by atoms with Gasteiger partial charge < -0.3 is 14.3 Å². The number of ketones is 1. The Balaban J connectivity index is 0.00000192. The molecule has 3 rings (SSSR count). The van der Waals surface area contributed by atoms with Gasteiger partial charge in [-0.1, -0.05) is 46.3 Å². The maximum absolute atomic E-state index is 11.9. The van der Waals surface area contributed by atoms with Crippen LogP contribution in [0.25, 0.3) is 0 Å². The van der Waals surface area contributed by atoms with E-state index in [1.807, 2.05) is 42.5 Å². The molecule has 1 aliphatic heterocycles. The molecule has 0 saturated heterocycles. The zero-order valence-corrected chi connectivity index (χ0v) is 17.2. The molecular weight excluding hydrogens is 609 g/mol. The Kier molecular flexibility index (Phi) is 6.95. The molecule has 124 valence electrons. The molecule has 0 saturated carbocycles. The standard InChI is InChI=1S/C17H13Br2O3.Au/c18-12-6-14-16(21-9-11-4-2-1-3-5-11)8-13(20)10-22-17(14)15(19)7-12;/h1-8,16H,9-10H2;/q-1;+1. The van der Waals surface area contributed by atoms with Gasteiger partial charge in [0.15, 0.2) is 0 Å². The van der Waals surface area contributed by atoms with Gasteiger partial charge in [0.25, 0.3) is 0 Å². The van der Waals surface area contributed by atoms with Crippen molar-refractivity contribution < 1.29 is 36.6 Å². The van der Waals surface area contributed by atoms with Crippen molar-refractivity contribution in [3.8, 4) is 5.75 Å². The van der Waals surface area contributed by atoms with Gasteiger partial charge in [0.05, 0.1) is 11.1 Å². The Hall–Kier alpha value is -0.560. The van der Waals surface area contributed by atoms with Crippen LogP contribution in [-0.2, 0) is 38.5 Å². The first kappa shape index (κ1) is 18.8. The van der Waals surface area contributed by atoms with E-state index in [9.17, 15) is 4.79 Å². The molecule has 1 atom stereocenters. The molecule has 0 fully saturated rings. The van der Waals surface area contributed by atoms with E-state index < -0.39 is 6.10 Å². The molecule has 3 nitrogen and oxygen atoms in total. The molecule has 0 aromatic heterocycles. The molecule has 0 N–H and O–H groups in total. The molecule has 2 aromatic rings. The van der Waals surface area contributed by atoms with Gasteiger partial charge in [-0.15, -0.1) is 0 Å². The summed E-state index contributed by atoms with van der Waals surface area (Å²) in [5.41, 5.74) is 1.90. The number of carbonyl (C=O) groups excluding carboxylic acids is 1. The second-order valence-electron chi connectivity index (χ2n) is 4.94. The average molecular weight is 622 g/mol. The summed E-state index contributed by atoms with van der Waals surface area (Å²) in [4.78, 5) is 11.9. The summed E-state index contributed by atoms with van der Waals surface area (Å²) in [5, 5.41) is 0. The van der Waals surface area contributed by atoms with Gasteiger partial charge in [-0.25, -0.2) is 0 Å². The number of hydrogen-bond donors (Lipinski definition) is 0. The molecule has 1 unspecified atom stereocenters. The molecule has 0 amide bonds. The fourth-order valence-corrected chi connectivity index (χ4v) is 3.66. The number of carbonyl (C=O) groups is 1. The second kappa shape index (κ2) is 8.51. The summed E-state index contributed by atoms with van der Waals surface area (Å²) in [7, 11) is 0. The predicted octanol–water partition coefficient (Wildman–Crippen LogP) is 4.63. The number of hydrogen-bond acceptors (Lipinski definition) is 3. The minimum atomic E-state index is -0.431. The van der Waals surface area contributed by atoms with Crippen molar-refractivity contribution in [2.75, 3.05) is 6.61 Å². The minimum absolute atomic E-state index is 0. The van der Waals surface area contributed by atoms with E-state index in [0.29, 0.717) is 12.4 Å². The van der Waals surface area contributed by atoms with Crippen LogP contribution in [0.5, 0.6) is 5.75 Å². The Bertz CT molecular complexity index is 692. The first-order valence-electron chi connectivity index (χ1n) is 6.78. The first-order chi connectivity index (χ1) is 10.6. The molecule has 1 aliphatic rings. The smallest absolute Gasteiger partial charge is 0.487 e. The second-order valence-corrected chi connectivity index (χ2v) is 6.71. The van der Waals surface area contributed by atoms with Crippen molar-refractivity contribution in [2.45, 2.75) is 12.7 Å². The number of benzene rings is 2. The summed E-state index contributed by atoms with van der Waals surface area (Å²) in [6.07, 6.45) is 1.15. The van der Waals surface area contributed by atoms with E-state index in [0.717, 1.165) is 20.1 Å². The third-order valence-electron chi connectivity index (χ3n) is 3.31. The number of fused-ring (bicyclic) bond motifs is 1. The van der Waals surface area contributed by atoms with Crippen LogP contribution < -0.4 is 4.74 Å². The van der Waals surface area contributed by atoms with E-state index in [-0.39, 0.29) is 34.8 Å². The van der Waals surface area contributed by atoms with Gasteiger partial charge in [0.1, 0.15) is 12.4 Å². The molecular formula is C17H13AuBr2O3. The summed E-state index contributed by atoms with van der Waals surface area (Å²) < 4.78 is 13.3. The molecule has 23 heavy (non-hydrogen) atoms. The van der Waals surface area contributed by atoms with Gasteiger partial charge in [-0.05, 0) is 45.3 Å². The van der Waals surface area contributed by atoms with E-state index in [1.54, 1.807) is 6.42 Å². The van der Waals surface area contributed by atoms with Crippen molar-refractivity contribution in [1.82, 2.24) is 0 Å². The van der Waals surface area contributed by atoms with Crippen molar-refractivity contribution >= 4 is 37.6 Å². The van der Waals surface area contributed by atoms with Gasteiger partial charge in [-0.2, -0.15) is 0 Å². The van der Waals surface area contributed by atoms with Crippen LogP contribution in [-0.4, -0.2) is 12.4 Å². The molecule has 0 aliphatic carbocycles. The number of ether oxygens (including phenoxy) is 2. The van der Waals surface area contributed by atoms with Gasteiger partial charge in [0, 0.05) is 10.3 Å². The van der Waals surface area contributed by atoms with Gasteiger partial charge >= 0.3 is 22.4 Å². The SMILES string of the molecule is O=C1[CH-]C(OCc2ccccc2)c2cc(Br)cc(Br)c2OC1.[Au+]. The third kappa shape index (κ3) is 4.72. The minimum Gasteiger partial charge on any atom is -0.487 e. The summed E-state index contributed by atoms with van der Waals surface area (Å²) >= 11 is 6.94. The quantitative estimate of drug-likeness (QED) is 0.371. The molecule has 0 radical (unpaired) electrons. The van der Waals surface area contributed by atoms with Crippen molar-refractivity contribution in [3.63, 3.8) is 0 Å². The van der Waals surface area contributed by atoms with E-state index in [1.165, 1.54) is 0 Å². The zero-order valence-electron chi connectivity index (χ0n) is 11.9. The predicted molar refractivity (Wildman–Crippen MR) is 90.6 cm³/mol. The van der Waals surface area contributed by atoms with Crippen molar-refractivity contribution in [2.24, 2.45) is 0 Å². The number of halogens is 2. The van der Waals surface area contributed by atoms with Crippen LogP contribution in [0.15, 0.2) is 51.4 Å². The Morgan fingerprint density at radius 2 is 1.96 bits per heavy atom. The topological polar surface area (TPSA) is 35.5 Å². The van der Waals surface area contributed by atoms with Crippen LogP contribution in [0, 0.1) is 6.42 Å². The van der Waals surface area contributed by atoms with Crippen LogP contribution in [0.2, 0.25) is 0 Å². The van der Waals surface area contributed by atoms with Crippen LogP contribution in [0.1, 0.15) is 17.2 Å². The molecule has 0 spiro atoms.